The van der Waals surface area contributed by atoms with E-state index in [9.17, 15) is 9.59 Å². The lowest BCUT2D eigenvalue weighted by Crippen LogP contribution is -2.28. The van der Waals surface area contributed by atoms with Gasteiger partial charge in [-0.3, -0.25) is 9.59 Å². The van der Waals surface area contributed by atoms with E-state index in [1.165, 1.54) is 24.1 Å². The summed E-state index contributed by atoms with van der Waals surface area (Å²) < 4.78 is 0. The molecule has 3 atom stereocenters. The molecule has 3 unspecified atom stereocenters. The molecule has 1 aromatic rings. The Balaban J connectivity index is 1.58. The van der Waals surface area contributed by atoms with Gasteiger partial charge in [-0.05, 0) is 62.3 Å². The van der Waals surface area contributed by atoms with Crippen LogP contribution in [0.5, 0.6) is 0 Å². The van der Waals surface area contributed by atoms with Crippen molar-refractivity contribution in [3.8, 4) is 0 Å². The summed E-state index contributed by atoms with van der Waals surface area (Å²) in [4.78, 5) is 25.7. The van der Waals surface area contributed by atoms with E-state index in [-0.39, 0.29) is 11.8 Å². The molecule has 5 heteroatoms. The van der Waals surface area contributed by atoms with Crippen LogP contribution in [0.4, 0.5) is 5.00 Å². The Morgan fingerprint density at radius 2 is 1.95 bits per heavy atom. The predicted octanol–water partition coefficient (Wildman–Crippen LogP) is 3.10. The molecule has 3 aliphatic carbocycles. The summed E-state index contributed by atoms with van der Waals surface area (Å²) in [6.07, 6.45) is 8.88. The molecule has 0 saturated heterocycles. The second kappa shape index (κ2) is 5.37. The zero-order chi connectivity index (χ0) is 15.3. The quantitative estimate of drug-likeness (QED) is 0.899. The largest absolute Gasteiger partial charge is 0.365 e. The Labute approximate surface area is 134 Å². The molecule has 2 bridgehead atoms. The number of hydrogen-bond acceptors (Lipinski definition) is 3. The Morgan fingerprint density at radius 3 is 2.64 bits per heavy atom. The summed E-state index contributed by atoms with van der Waals surface area (Å²) in [5.41, 5.74) is 7.26. The lowest BCUT2D eigenvalue weighted by atomic mass is 9.88. The molecular formula is C17H22N2O2S. The summed E-state index contributed by atoms with van der Waals surface area (Å²) >= 11 is 1.56. The van der Waals surface area contributed by atoms with E-state index in [4.69, 9.17) is 5.73 Å². The summed E-state index contributed by atoms with van der Waals surface area (Å²) in [6, 6.07) is 0. The van der Waals surface area contributed by atoms with E-state index in [0.29, 0.717) is 16.5 Å². The summed E-state index contributed by atoms with van der Waals surface area (Å²) in [6.45, 7) is 0. The van der Waals surface area contributed by atoms with Crippen LogP contribution in [0.15, 0.2) is 0 Å². The number of carbonyl (C=O) groups is 2. The number of carbonyl (C=O) groups excluding carboxylic acids is 2. The highest BCUT2D eigenvalue weighted by atomic mass is 32.1. The number of nitrogens with two attached hydrogens (primary N) is 1. The molecule has 1 heterocycles. The Bertz CT molecular complexity index is 637. The van der Waals surface area contributed by atoms with Gasteiger partial charge in [0.05, 0.1) is 5.56 Å². The average molecular weight is 318 g/mol. The van der Waals surface area contributed by atoms with Crippen molar-refractivity contribution in [3.63, 3.8) is 0 Å². The molecule has 3 N–H and O–H groups in total. The van der Waals surface area contributed by atoms with E-state index < -0.39 is 5.91 Å². The maximum absolute atomic E-state index is 12.6. The van der Waals surface area contributed by atoms with Gasteiger partial charge in [0.25, 0.3) is 5.91 Å². The van der Waals surface area contributed by atoms with E-state index in [2.05, 4.69) is 5.32 Å². The number of nitrogens with one attached hydrogen (secondary N) is 1. The van der Waals surface area contributed by atoms with Crippen molar-refractivity contribution in [1.82, 2.24) is 0 Å². The standard InChI is InChI=1S/C17H22N2O2S/c18-15(20)14-11-3-1-2-4-13(11)22-17(14)19-16(21)12-8-9-5-6-10(12)7-9/h9-10,12H,1-8H2,(H2,18,20)(H,19,21). The van der Waals surface area contributed by atoms with E-state index >= 15 is 0 Å². The van der Waals surface area contributed by atoms with Gasteiger partial charge in [0.1, 0.15) is 5.00 Å². The summed E-state index contributed by atoms with van der Waals surface area (Å²) in [5.74, 6) is 1.14. The van der Waals surface area contributed by atoms with Crippen LogP contribution in [0.3, 0.4) is 0 Å². The van der Waals surface area contributed by atoms with Crippen LogP contribution in [-0.2, 0) is 17.6 Å². The van der Waals surface area contributed by atoms with Crippen molar-refractivity contribution >= 4 is 28.2 Å². The minimum Gasteiger partial charge on any atom is -0.365 e. The average Bonchev–Trinajstić information content (AvgIpc) is 3.19. The van der Waals surface area contributed by atoms with Crippen LogP contribution in [0.2, 0.25) is 0 Å². The fraction of sp³-hybridized carbons (Fsp3) is 0.647. The second-order valence-electron chi connectivity index (χ2n) is 7.05. The van der Waals surface area contributed by atoms with Crippen molar-refractivity contribution in [2.45, 2.75) is 51.4 Å². The van der Waals surface area contributed by atoms with Gasteiger partial charge in [-0.15, -0.1) is 11.3 Å². The molecule has 0 aromatic carbocycles. The predicted molar refractivity (Wildman–Crippen MR) is 87.0 cm³/mol. The zero-order valence-corrected chi connectivity index (χ0v) is 13.5. The van der Waals surface area contributed by atoms with Gasteiger partial charge in [-0.2, -0.15) is 0 Å². The van der Waals surface area contributed by atoms with Gasteiger partial charge in [0.15, 0.2) is 0 Å². The molecule has 2 saturated carbocycles. The number of amides is 2. The van der Waals surface area contributed by atoms with Gasteiger partial charge < -0.3 is 11.1 Å². The van der Waals surface area contributed by atoms with Crippen LogP contribution in [-0.4, -0.2) is 11.8 Å². The van der Waals surface area contributed by atoms with Crippen molar-refractivity contribution in [2.24, 2.45) is 23.5 Å². The van der Waals surface area contributed by atoms with Crippen LogP contribution in [0, 0.1) is 17.8 Å². The molecule has 2 fully saturated rings. The number of thiophene rings is 1. The third-order valence-electron chi connectivity index (χ3n) is 5.73. The van der Waals surface area contributed by atoms with Crippen molar-refractivity contribution in [2.75, 3.05) is 5.32 Å². The number of primary amides is 1. The highest BCUT2D eigenvalue weighted by Gasteiger charge is 2.43. The number of aryl methyl sites for hydroxylation is 1. The Hall–Kier alpha value is -1.36. The first kappa shape index (κ1) is 14.2. The number of hydrogen-bond donors (Lipinski definition) is 2. The third kappa shape index (κ3) is 2.26. The molecule has 4 rings (SSSR count). The summed E-state index contributed by atoms with van der Waals surface area (Å²) in [7, 11) is 0. The van der Waals surface area contributed by atoms with E-state index in [1.807, 2.05) is 0 Å². The van der Waals surface area contributed by atoms with Gasteiger partial charge >= 0.3 is 0 Å². The molecule has 0 aliphatic heterocycles. The molecule has 0 spiro atoms. The maximum atomic E-state index is 12.6. The van der Waals surface area contributed by atoms with Crippen LogP contribution in [0.1, 0.15) is 59.3 Å². The number of anilines is 1. The van der Waals surface area contributed by atoms with Gasteiger partial charge in [-0.25, -0.2) is 0 Å². The first-order valence-corrected chi connectivity index (χ1v) is 9.20. The van der Waals surface area contributed by atoms with Gasteiger partial charge in [0, 0.05) is 10.8 Å². The van der Waals surface area contributed by atoms with E-state index in [1.54, 1.807) is 11.3 Å². The fourth-order valence-electron chi connectivity index (χ4n) is 4.69. The lowest BCUT2D eigenvalue weighted by Gasteiger charge is -2.20. The zero-order valence-electron chi connectivity index (χ0n) is 12.7. The normalized spacial score (nSPS) is 29.4. The van der Waals surface area contributed by atoms with Gasteiger partial charge in [0.2, 0.25) is 5.91 Å². The first-order chi connectivity index (χ1) is 10.6. The van der Waals surface area contributed by atoms with Crippen molar-refractivity contribution in [3.05, 3.63) is 16.0 Å². The maximum Gasteiger partial charge on any atom is 0.251 e. The van der Waals surface area contributed by atoms with Crippen LogP contribution < -0.4 is 11.1 Å². The minimum absolute atomic E-state index is 0.105. The third-order valence-corrected chi connectivity index (χ3v) is 6.94. The van der Waals surface area contributed by atoms with Crippen LogP contribution in [0.25, 0.3) is 0 Å². The topological polar surface area (TPSA) is 72.2 Å². The molecule has 118 valence electrons. The fourth-order valence-corrected chi connectivity index (χ4v) is 5.98. The first-order valence-electron chi connectivity index (χ1n) is 8.38. The van der Waals surface area contributed by atoms with Crippen LogP contribution >= 0.6 is 11.3 Å². The van der Waals surface area contributed by atoms with Crippen molar-refractivity contribution in [1.29, 1.82) is 0 Å². The minimum atomic E-state index is -0.400. The molecular weight excluding hydrogens is 296 g/mol. The molecule has 1 aromatic heterocycles. The van der Waals surface area contributed by atoms with E-state index in [0.717, 1.165) is 43.6 Å². The Kier molecular flexibility index (Phi) is 3.48. The molecule has 0 radical (unpaired) electrons. The lowest BCUT2D eigenvalue weighted by molar-refractivity contribution is -0.121. The summed E-state index contributed by atoms with van der Waals surface area (Å²) in [5, 5.41) is 3.76. The van der Waals surface area contributed by atoms with Crippen molar-refractivity contribution < 1.29 is 9.59 Å². The Morgan fingerprint density at radius 1 is 1.14 bits per heavy atom. The highest BCUT2D eigenvalue weighted by Crippen LogP contribution is 2.49. The second-order valence-corrected chi connectivity index (χ2v) is 8.16. The number of rotatable bonds is 3. The molecule has 22 heavy (non-hydrogen) atoms. The van der Waals surface area contributed by atoms with Gasteiger partial charge in [-0.1, -0.05) is 6.42 Å². The monoisotopic (exact) mass is 318 g/mol. The molecule has 3 aliphatic rings. The molecule has 2 amide bonds. The molecule has 4 nitrogen and oxygen atoms in total. The number of fused-ring (bicyclic) bond motifs is 3. The SMILES string of the molecule is NC(=O)c1c(NC(=O)C2CC3CCC2C3)sc2c1CCCC2. The smallest absolute Gasteiger partial charge is 0.251 e. The highest BCUT2D eigenvalue weighted by molar-refractivity contribution is 7.17.